The molecule has 21 heavy (non-hydrogen) atoms. The van der Waals surface area contributed by atoms with E-state index in [1.54, 1.807) is 25.1 Å². The van der Waals surface area contributed by atoms with Crippen molar-refractivity contribution in [3.63, 3.8) is 0 Å². The van der Waals surface area contributed by atoms with E-state index < -0.39 is 11.5 Å². The third-order valence-electron chi connectivity index (χ3n) is 4.14. The zero-order chi connectivity index (χ0) is 15.5. The molecule has 0 spiro atoms. The minimum Gasteiger partial charge on any atom is -0.480 e. The standard InChI is InChI=1S/C16H21NO4/c1-11-4-3-5-12(10-11)14(18)17-16(2,15(19)20)13-6-8-21-9-7-13/h3-5,10,13H,6-9H2,1-2H3,(H,17,18)(H,19,20). The van der Waals surface area contributed by atoms with E-state index >= 15 is 0 Å². The summed E-state index contributed by atoms with van der Waals surface area (Å²) in [5.41, 5.74) is 0.171. The van der Waals surface area contributed by atoms with Crippen molar-refractivity contribution in [3.05, 3.63) is 35.4 Å². The average molecular weight is 291 g/mol. The number of rotatable bonds is 4. The van der Waals surface area contributed by atoms with Crippen LogP contribution in [0.2, 0.25) is 0 Å². The van der Waals surface area contributed by atoms with E-state index in [2.05, 4.69) is 5.32 Å². The van der Waals surface area contributed by atoms with Crippen molar-refractivity contribution in [3.8, 4) is 0 Å². The molecular formula is C16H21NO4. The molecule has 1 atom stereocenters. The second-order valence-electron chi connectivity index (χ2n) is 5.72. The van der Waals surface area contributed by atoms with Gasteiger partial charge in [-0.05, 0) is 44.7 Å². The lowest BCUT2D eigenvalue weighted by Gasteiger charge is -2.37. The minimum absolute atomic E-state index is 0.127. The SMILES string of the molecule is Cc1cccc(C(=O)NC(C)(C(=O)O)C2CCOCC2)c1. The number of carboxylic acid groups (broad SMARTS) is 1. The lowest BCUT2D eigenvalue weighted by atomic mass is 9.80. The van der Waals surface area contributed by atoms with Crippen LogP contribution in [0.4, 0.5) is 0 Å². The molecule has 0 bridgehead atoms. The van der Waals surface area contributed by atoms with Crippen molar-refractivity contribution in [2.45, 2.75) is 32.2 Å². The smallest absolute Gasteiger partial charge is 0.329 e. The molecule has 1 amide bonds. The largest absolute Gasteiger partial charge is 0.480 e. The molecule has 1 aliphatic heterocycles. The van der Waals surface area contributed by atoms with Crippen LogP contribution in [0.1, 0.15) is 35.7 Å². The highest BCUT2D eigenvalue weighted by Gasteiger charge is 2.43. The Morgan fingerprint density at radius 3 is 2.57 bits per heavy atom. The van der Waals surface area contributed by atoms with Gasteiger partial charge in [-0.2, -0.15) is 0 Å². The number of hydrogen-bond donors (Lipinski definition) is 2. The van der Waals surface area contributed by atoms with Crippen LogP contribution in [0.15, 0.2) is 24.3 Å². The Morgan fingerprint density at radius 2 is 2.00 bits per heavy atom. The molecule has 1 aromatic rings. The first-order valence-electron chi connectivity index (χ1n) is 7.14. The first-order chi connectivity index (χ1) is 9.93. The second kappa shape index (κ2) is 6.26. The van der Waals surface area contributed by atoms with Crippen LogP contribution >= 0.6 is 0 Å². The number of aryl methyl sites for hydroxylation is 1. The van der Waals surface area contributed by atoms with E-state index in [1.165, 1.54) is 0 Å². The number of carbonyl (C=O) groups excluding carboxylic acids is 1. The van der Waals surface area contributed by atoms with Gasteiger partial charge < -0.3 is 15.2 Å². The monoisotopic (exact) mass is 291 g/mol. The fourth-order valence-electron chi connectivity index (χ4n) is 2.70. The second-order valence-corrected chi connectivity index (χ2v) is 5.72. The summed E-state index contributed by atoms with van der Waals surface area (Å²) in [5.74, 6) is -1.48. The molecule has 0 radical (unpaired) electrons. The Bertz CT molecular complexity index is 537. The van der Waals surface area contributed by atoms with Gasteiger partial charge in [-0.25, -0.2) is 4.79 Å². The summed E-state index contributed by atoms with van der Waals surface area (Å²) in [5, 5.41) is 12.3. The number of nitrogens with one attached hydrogen (secondary N) is 1. The minimum atomic E-state index is -1.27. The Balaban J connectivity index is 2.19. The lowest BCUT2D eigenvalue weighted by molar-refractivity contribution is -0.147. The Hall–Kier alpha value is -1.88. The number of ether oxygens (including phenoxy) is 1. The van der Waals surface area contributed by atoms with Crippen molar-refractivity contribution in [2.24, 2.45) is 5.92 Å². The third kappa shape index (κ3) is 3.42. The van der Waals surface area contributed by atoms with Crippen LogP contribution in [0.5, 0.6) is 0 Å². The van der Waals surface area contributed by atoms with Gasteiger partial charge in [0, 0.05) is 18.8 Å². The van der Waals surface area contributed by atoms with E-state index in [9.17, 15) is 14.7 Å². The van der Waals surface area contributed by atoms with Crippen molar-refractivity contribution in [1.82, 2.24) is 5.32 Å². The first-order valence-corrected chi connectivity index (χ1v) is 7.14. The molecule has 114 valence electrons. The molecule has 2 N–H and O–H groups in total. The van der Waals surface area contributed by atoms with Gasteiger partial charge in [-0.1, -0.05) is 17.7 Å². The maximum Gasteiger partial charge on any atom is 0.329 e. The number of benzene rings is 1. The molecule has 1 saturated heterocycles. The summed E-state index contributed by atoms with van der Waals surface area (Å²) in [7, 11) is 0. The van der Waals surface area contributed by atoms with Crippen LogP contribution in [0.3, 0.4) is 0 Å². The van der Waals surface area contributed by atoms with E-state index in [4.69, 9.17) is 4.74 Å². The first kappa shape index (κ1) is 15.5. The molecule has 1 fully saturated rings. The summed E-state index contributed by atoms with van der Waals surface area (Å²) >= 11 is 0. The van der Waals surface area contributed by atoms with Crippen LogP contribution in [0, 0.1) is 12.8 Å². The number of aliphatic carboxylic acids is 1. The van der Waals surface area contributed by atoms with Gasteiger partial charge >= 0.3 is 5.97 Å². The van der Waals surface area contributed by atoms with Crippen LogP contribution in [-0.4, -0.2) is 35.7 Å². The normalized spacial score (nSPS) is 18.8. The molecule has 1 unspecified atom stereocenters. The van der Waals surface area contributed by atoms with Crippen LogP contribution < -0.4 is 5.32 Å². The van der Waals surface area contributed by atoms with Crippen molar-refractivity contribution in [2.75, 3.05) is 13.2 Å². The van der Waals surface area contributed by atoms with Crippen molar-refractivity contribution >= 4 is 11.9 Å². The predicted octanol–water partition coefficient (Wildman–Crippen LogP) is 1.99. The molecule has 0 aromatic heterocycles. The van der Waals surface area contributed by atoms with E-state index in [-0.39, 0.29) is 11.8 Å². The van der Waals surface area contributed by atoms with Gasteiger partial charge in [-0.3, -0.25) is 4.79 Å². The molecular weight excluding hydrogens is 270 g/mol. The highest BCUT2D eigenvalue weighted by atomic mass is 16.5. The highest BCUT2D eigenvalue weighted by Crippen LogP contribution is 2.28. The van der Waals surface area contributed by atoms with E-state index in [1.807, 2.05) is 13.0 Å². The fraction of sp³-hybridized carbons (Fsp3) is 0.500. The van der Waals surface area contributed by atoms with Crippen molar-refractivity contribution < 1.29 is 19.4 Å². The van der Waals surface area contributed by atoms with Crippen molar-refractivity contribution in [1.29, 1.82) is 0 Å². The van der Waals surface area contributed by atoms with Gasteiger partial charge in [0.25, 0.3) is 5.91 Å². The lowest BCUT2D eigenvalue weighted by Crippen LogP contribution is -2.58. The number of amides is 1. The van der Waals surface area contributed by atoms with Gasteiger partial charge in [0.15, 0.2) is 0 Å². The maximum absolute atomic E-state index is 12.4. The molecule has 2 rings (SSSR count). The maximum atomic E-state index is 12.4. The molecule has 5 nitrogen and oxygen atoms in total. The Morgan fingerprint density at radius 1 is 1.33 bits per heavy atom. The summed E-state index contributed by atoms with van der Waals surface area (Å²) in [6.07, 6.45) is 1.27. The molecule has 0 aliphatic carbocycles. The summed E-state index contributed by atoms with van der Waals surface area (Å²) in [6.45, 7) is 4.55. The van der Waals surface area contributed by atoms with Gasteiger partial charge in [0.05, 0.1) is 0 Å². The third-order valence-corrected chi connectivity index (χ3v) is 4.14. The van der Waals surface area contributed by atoms with Gasteiger partial charge in [0.1, 0.15) is 5.54 Å². The summed E-state index contributed by atoms with van der Waals surface area (Å²) < 4.78 is 5.27. The molecule has 5 heteroatoms. The molecule has 1 aliphatic rings. The Labute approximate surface area is 124 Å². The topological polar surface area (TPSA) is 75.6 Å². The fourth-order valence-corrected chi connectivity index (χ4v) is 2.70. The zero-order valence-electron chi connectivity index (χ0n) is 12.4. The van der Waals surface area contributed by atoms with Crippen LogP contribution in [0.25, 0.3) is 0 Å². The summed E-state index contributed by atoms with van der Waals surface area (Å²) in [4.78, 5) is 24.1. The van der Waals surface area contributed by atoms with Gasteiger partial charge in [-0.15, -0.1) is 0 Å². The average Bonchev–Trinajstić information content (AvgIpc) is 2.47. The predicted molar refractivity (Wildman–Crippen MR) is 78.2 cm³/mol. The Kier molecular flexibility index (Phi) is 4.63. The molecule has 0 saturated carbocycles. The zero-order valence-corrected chi connectivity index (χ0v) is 12.4. The molecule has 1 heterocycles. The summed E-state index contributed by atoms with van der Waals surface area (Å²) in [6, 6.07) is 7.12. The number of hydrogen-bond acceptors (Lipinski definition) is 3. The molecule has 1 aromatic carbocycles. The van der Waals surface area contributed by atoms with E-state index in [0.717, 1.165) is 5.56 Å². The number of carbonyl (C=O) groups is 2. The van der Waals surface area contributed by atoms with Crippen LogP contribution in [-0.2, 0) is 9.53 Å². The number of carboxylic acids is 1. The van der Waals surface area contributed by atoms with E-state index in [0.29, 0.717) is 31.6 Å². The highest BCUT2D eigenvalue weighted by molar-refractivity contribution is 5.98. The van der Waals surface area contributed by atoms with Gasteiger partial charge in [0.2, 0.25) is 0 Å². The quantitative estimate of drug-likeness (QED) is 0.889.